The second-order valence-corrected chi connectivity index (χ2v) is 7.81. The van der Waals surface area contributed by atoms with Crippen molar-refractivity contribution in [3.63, 3.8) is 0 Å². The van der Waals surface area contributed by atoms with Crippen molar-refractivity contribution in [1.82, 2.24) is 4.57 Å². The van der Waals surface area contributed by atoms with Crippen LogP contribution in [0.3, 0.4) is 0 Å². The fourth-order valence-corrected chi connectivity index (χ4v) is 4.60. The standard InChI is InChI=1S/C21H19N3O3S/c1-2-11-23-18-13-17(24(26)27)9-10-19(18)28-21(23)22-20(25)16-8-7-14-5-3-4-6-15(14)12-16/h2,7-10,12-13H,1,3-6,11H2. The molecule has 0 fully saturated rings. The molecule has 1 aliphatic carbocycles. The van der Waals surface area contributed by atoms with Crippen molar-refractivity contribution >= 4 is 33.1 Å². The van der Waals surface area contributed by atoms with E-state index in [0.29, 0.717) is 22.4 Å². The van der Waals surface area contributed by atoms with Gasteiger partial charge in [0.1, 0.15) is 0 Å². The van der Waals surface area contributed by atoms with Crippen molar-refractivity contribution in [3.05, 3.63) is 80.7 Å². The summed E-state index contributed by atoms with van der Waals surface area (Å²) in [6, 6.07) is 10.5. The first kappa shape index (κ1) is 18.3. The van der Waals surface area contributed by atoms with E-state index in [1.54, 1.807) is 16.7 Å². The Morgan fingerprint density at radius 1 is 1.21 bits per heavy atom. The van der Waals surface area contributed by atoms with E-state index in [1.807, 2.05) is 18.2 Å². The first-order valence-corrected chi connectivity index (χ1v) is 9.98. The number of hydrogen-bond donors (Lipinski definition) is 0. The molecule has 1 aliphatic rings. The minimum atomic E-state index is -0.426. The number of non-ortho nitro benzene ring substituents is 1. The van der Waals surface area contributed by atoms with E-state index < -0.39 is 4.92 Å². The molecule has 1 aromatic heterocycles. The third-order valence-corrected chi connectivity index (χ3v) is 6.04. The number of hydrogen-bond acceptors (Lipinski definition) is 4. The Labute approximate surface area is 165 Å². The second-order valence-electron chi connectivity index (χ2n) is 6.80. The maximum atomic E-state index is 12.8. The topological polar surface area (TPSA) is 77.5 Å². The van der Waals surface area contributed by atoms with Crippen molar-refractivity contribution in [2.75, 3.05) is 0 Å². The van der Waals surface area contributed by atoms with Gasteiger partial charge in [-0.3, -0.25) is 14.9 Å². The highest BCUT2D eigenvalue weighted by Crippen LogP contribution is 2.24. The van der Waals surface area contributed by atoms with E-state index in [0.717, 1.165) is 24.0 Å². The average Bonchev–Trinajstić information content (AvgIpc) is 3.04. The van der Waals surface area contributed by atoms with E-state index in [4.69, 9.17) is 0 Å². The Hall–Kier alpha value is -3.06. The minimum Gasteiger partial charge on any atom is -0.312 e. The van der Waals surface area contributed by atoms with Gasteiger partial charge in [-0.25, -0.2) is 0 Å². The predicted octanol–water partition coefficient (Wildman–Crippen LogP) is 4.42. The Bertz CT molecular complexity index is 1170. The molecule has 0 aliphatic heterocycles. The van der Waals surface area contributed by atoms with Crippen LogP contribution in [0, 0.1) is 10.1 Å². The number of carbonyl (C=O) groups is 1. The van der Waals surface area contributed by atoms with E-state index in [9.17, 15) is 14.9 Å². The predicted molar refractivity (Wildman–Crippen MR) is 110 cm³/mol. The van der Waals surface area contributed by atoms with Crippen LogP contribution < -0.4 is 4.80 Å². The van der Waals surface area contributed by atoms with Crippen LogP contribution in [0.15, 0.2) is 54.0 Å². The highest BCUT2D eigenvalue weighted by atomic mass is 32.1. The van der Waals surface area contributed by atoms with Crippen LogP contribution in [-0.4, -0.2) is 15.4 Å². The van der Waals surface area contributed by atoms with E-state index in [1.165, 1.54) is 41.0 Å². The Kier molecular flexibility index (Phi) is 4.92. The Balaban J connectivity index is 1.79. The molecular weight excluding hydrogens is 374 g/mol. The number of aromatic nitrogens is 1. The normalized spacial score (nSPS) is 14.1. The van der Waals surface area contributed by atoms with Crippen LogP contribution in [0.25, 0.3) is 10.2 Å². The van der Waals surface area contributed by atoms with Crippen molar-refractivity contribution < 1.29 is 9.72 Å². The zero-order valence-electron chi connectivity index (χ0n) is 15.3. The summed E-state index contributed by atoms with van der Waals surface area (Å²) in [7, 11) is 0. The maximum absolute atomic E-state index is 12.8. The molecular formula is C21H19N3O3S. The summed E-state index contributed by atoms with van der Waals surface area (Å²) in [5.41, 5.74) is 3.82. The minimum absolute atomic E-state index is 0.00989. The molecule has 3 aromatic rings. The van der Waals surface area contributed by atoms with Crippen molar-refractivity contribution in [3.8, 4) is 0 Å². The monoisotopic (exact) mass is 393 g/mol. The van der Waals surface area contributed by atoms with Gasteiger partial charge < -0.3 is 4.57 Å². The zero-order valence-corrected chi connectivity index (χ0v) is 16.1. The number of benzene rings is 2. The summed E-state index contributed by atoms with van der Waals surface area (Å²) in [5.74, 6) is -0.299. The summed E-state index contributed by atoms with van der Waals surface area (Å²) < 4.78 is 2.63. The van der Waals surface area contributed by atoms with Gasteiger partial charge in [-0.15, -0.1) is 6.58 Å². The number of nitro groups is 1. The fraction of sp³-hybridized carbons (Fsp3) is 0.238. The molecule has 6 nitrogen and oxygen atoms in total. The van der Waals surface area contributed by atoms with Crippen molar-refractivity contribution in [2.24, 2.45) is 4.99 Å². The van der Waals surface area contributed by atoms with Gasteiger partial charge in [-0.2, -0.15) is 4.99 Å². The lowest BCUT2D eigenvalue weighted by Gasteiger charge is -2.15. The van der Waals surface area contributed by atoms with Crippen LogP contribution >= 0.6 is 11.3 Å². The molecule has 7 heteroatoms. The lowest BCUT2D eigenvalue weighted by molar-refractivity contribution is -0.384. The maximum Gasteiger partial charge on any atom is 0.279 e. The fourth-order valence-electron chi connectivity index (χ4n) is 3.58. The summed E-state index contributed by atoms with van der Waals surface area (Å²) in [6.45, 7) is 4.16. The van der Waals surface area contributed by atoms with Crippen LogP contribution in [0.2, 0.25) is 0 Å². The number of amides is 1. The smallest absolute Gasteiger partial charge is 0.279 e. The van der Waals surface area contributed by atoms with Crippen LogP contribution in [0.5, 0.6) is 0 Å². The third-order valence-electron chi connectivity index (χ3n) is 4.98. The van der Waals surface area contributed by atoms with Gasteiger partial charge in [0.15, 0.2) is 4.80 Å². The molecule has 142 valence electrons. The number of thiazole rings is 1. The molecule has 28 heavy (non-hydrogen) atoms. The molecule has 0 spiro atoms. The summed E-state index contributed by atoms with van der Waals surface area (Å²) in [4.78, 5) is 28.3. The van der Waals surface area contributed by atoms with E-state index in [-0.39, 0.29) is 11.6 Å². The first-order chi connectivity index (χ1) is 13.6. The van der Waals surface area contributed by atoms with Crippen molar-refractivity contribution in [2.45, 2.75) is 32.2 Å². The van der Waals surface area contributed by atoms with Gasteiger partial charge >= 0.3 is 0 Å². The summed E-state index contributed by atoms with van der Waals surface area (Å²) in [5, 5.41) is 11.1. The molecule has 0 unspecified atom stereocenters. The molecule has 0 saturated carbocycles. The molecule has 0 N–H and O–H groups in total. The molecule has 0 radical (unpaired) electrons. The number of carbonyl (C=O) groups excluding carboxylic acids is 1. The quantitative estimate of drug-likeness (QED) is 0.374. The Morgan fingerprint density at radius 3 is 2.75 bits per heavy atom. The number of allylic oxidation sites excluding steroid dienone is 1. The largest absolute Gasteiger partial charge is 0.312 e. The van der Waals surface area contributed by atoms with Crippen LogP contribution in [0.1, 0.15) is 34.3 Å². The molecule has 2 aromatic carbocycles. The molecule has 1 amide bonds. The molecule has 0 bridgehead atoms. The van der Waals surface area contributed by atoms with Crippen LogP contribution in [-0.2, 0) is 19.4 Å². The van der Waals surface area contributed by atoms with E-state index in [2.05, 4.69) is 11.6 Å². The number of fused-ring (bicyclic) bond motifs is 2. The van der Waals surface area contributed by atoms with Gasteiger partial charge in [0.2, 0.25) is 0 Å². The van der Waals surface area contributed by atoms with Crippen LogP contribution in [0.4, 0.5) is 5.69 Å². The lowest BCUT2D eigenvalue weighted by atomic mass is 9.90. The number of aryl methyl sites for hydroxylation is 2. The highest BCUT2D eigenvalue weighted by molar-refractivity contribution is 7.16. The summed E-state index contributed by atoms with van der Waals surface area (Å²) in [6.07, 6.45) is 6.10. The Morgan fingerprint density at radius 2 is 2.00 bits per heavy atom. The first-order valence-electron chi connectivity index (χ1n) is 9.16. The lowest BCUT2D eigenvalue weighted by Crippen LogP contribution is -2.16. The molecule has 0 saturated heterocycles. The van der Waals surface area contributed by atoms with Gasteiger partial charge in [0.25, 0.3) is 11.6 Å². The molecule has 1 heterocycles. The van der Waals surface area contributed by atoms with Crippen molar-refractivity contribution in [1.29, 1.82) is 0 Å². The number of nitro benzene ring substituents is 1. The second kappa shape index (κ2) is 7.52. The highest BCUT2D eigenvalue weighted by Gasteiger charge is 2.15. The molecule has 4 rings (SSSR count). The van der Waals surface area contributed by atoms with Gasteiger partial charge in [0, 0.05) is 24.2 Å². The van der Waals surface area contributed by atoms with E-state index >= 15 is 0 Å². The number of rotatable bonds is 4. The molecule has 0 atom stereocenters. The zero-order chi connectivity index (χ0) is 19.7. The van der Waals surface area contributed by atoms with Gasteiger partial charge in [0.05, 0.1) is 15.1 Å². The average molecular weight is 393 g/mol. The van der Waals surface area contributed by atoms with Gasteiger partial charge in [-0.1, -0.05) is 23.5 Å². The SMILES string of the molecule is C=CCn1c(=NC(=O)c2ccc3c(c2)CCCC3)sc2ccc([N+](=O)[O-])cc21. The number of nitrogens with zero attached hydrogens (tertiary/aromatic N) is 3. The van der Waals surface area contributed by atoms with Gasteiger partial charge in [-0.05, 0) is 55.0 Å². The third kappa shape index (κ3) is 3.41. The summed E-state index contributed by atoms with van der Waals surface area (Å²) >= 11 is 1.34.